The van der Waals surface area contributed by atoms with E-state index in [9.17, 15) is 4.79 Å². The first-order valence-corrected chi connectivity index (χ1v) is 9.50. The highest BCUT2D eigenvalue weighted by Crippen LogP contribution is 2.53. The maximum atomic E-state index is 12.3. The predicted molar refractivity (Wildman–Crippen MR) is 101 cm³/mol. The molecule has 0 aromatic carbocycles. The number of likely N-dealkylation sites (N-methyl/N-ethyl adjacent to an activating group) is 1. The Morgan fingerprint density at radius 2 is 2.19 bits per heavy atom. The van der Waals surface area contributed by atoms with Crippen LogP contribution in [0.25, 0.3) is 0 Å². The number of piperidine rings is 1. The molecule has 0 radical (unpaired) electrons. The molecule has 1 amide bonds. The monoisotopic (exact) mass is 361 g/mol. The van der Waals surface area contributed by atoms with Crippen LogP contribution in [0.3, 0.4) is 0 Å². The van der Waals surface area contributed by atoms with E-state index in [1.54, 1.807) is 6.33 Å². The van der Waals surface area contributed by atoms with Gasteiger partial charge in [-0.25, -0.2) is 9.97 Å². The zero-order chi connectivity index (χ0) is 18.9. The van der Waals surface area contributed by atoms with E-state index in [2.05, 4.69) is 34.0 Å². The van der Waals surface area contributed by atoms with E-state index in [1.165, 1.54) is 0 Å². The smallest absolute Gasteiger partial charge is 0.234 e. The molecule has 3 rings (SSSR count). The molecule has 1 saturated carbocycles. The summed E-state index contributed by atoms with van der Waals surface area (Å²) in [5.74, 6) is 2.09. The summed E-state index contributed by atoms with van der Waals surface area (Å²) in [4.78, 5) is 25.2. The Balaban J connectivity index is 1.76. The zero-order valence-corrected chi connectivity index (χ0v) is 16.5. The number of hydrogen-bond acceptors (Lipinski definition) is 6. The van der Waals surface area contributed by atoms with Crippen molar-refractivity contribution in [2.24, 2.45) is 11.3 Å². The number of ether oxygens (including phenoxy) is 1. The summed E-state index contributed by atoms with van der Waals surface area (Å²) >= 11 is 0. The van der Waals surface area contributed by atoms with Gasteiger partial charge in [-0.2, -0.15) is 0 Å². The Hall–Kier alpha value is -1.89. The van der Waals surface area contributed by atoms with Crippen LogP contribution in [0.2, 0.25) is 0 Å². The number of carbonyl (C=O) groups excluding carboxylic acids is 1. The first-order chi connectivity index (χ1) is 12.3. The molecule has 1 aliphatic heterocycles. The molecule has 1 aliphatic carbocycles. The van der Waals surface area contributed by atoms with Crippen LogP contribution in [0.1, 0.15) is 33.6 Å². The van der Waals surface area contributed by atoms with E-state index >= 15 is 0 Å². The summed E-state index contributed by atoms with van der Waals surface area (Å²) in [6.07, 6.45) is 3.82. The van der Waals surface area contributed by atoms with Gasteiger partial charge < -0.3 is 19.9 Å². The molecule has 3 unspecified atom stereocenters. The van der Waals surface area contributed by atoms with Crippen molar-refractivity contribution in [3.8, 4) is 5.88 Å². The third kappa shape index (κ3) is 3.49. The molecular formula is C19H31N5O2. The molecule has 0 bridgehead atoms. The van der Waals surface area contributed by atoms with E-state index in [0.29, 0.717) is 31.0 Å². The minimum atomic E-state index is -0.0101. The quantitative estimate of drug-likeness (QED) is 0.829. The van der Waals surface area contributed by atoms with E-state index in [4.69, 9.17) is 4.74 Å². The van der Waals surface area contributed by atoms with Gasteiger partial charge in [0, 0.05) is 36.0 Å². The van der Waals surface area contributed by atoms with Gasteiger partial charge in [0.15, 0.2) is 0 Å². The average molecular weight is 361 g/mol. The zero-order valence-electron chi connectivity index (χ0n) is 16.5. The summed E-state index contributed by atoms with van der Waals surface area (Å²) in [5, 5.41) is 3.28. The van der Waals surface area contributed by atoms with Crippen molar-refractivity contribution in [2.45, 2.75) is 45.7 Å². The van der Waals surface area contributed by atoms with E-state index < -0.39 is 0 Å². The van der Waals surface area contributed by atoms with Crippen LogP contribution in [0.15, 0.2) is 12.4 Å². The molecule has 7 heteroatoms. The van der Waals surface area contributed by atoms with Gasteiger partial charge in [-0.1, -0.05) is 13.8 Å². The summed E-state index contributed by atoms with van der Waals surface area (Å²) in [6, 6.07) is 2.50. The van der Waals surface area contributed by atoms with Crippen LogP contribution in [0.5, 0.6) is 5.88 Å². The van der Waals surface area contributed by atoms with Crippen molar-refractivity contribution in [2.75, 3.05) is 38.7 Å². The van der Waals surface area contributed by atoms with Crippen LogP contribution in [0, 0.1) is 11.3 Å². The molecule has 7 nitrogen and oxygen atoms in total. The third-order valence-corrected chi connectivity index (χ3v) is 5.66. The third-order valence-electron chi connectivity index (χ3n) is 5.66. The lowest BCUT2D eigenvalue weighted by Gasteiger charge is -2.64. The molecule has 2 heterocycles. The maximum absolute atomic E-state index is 12.3. The van der Waals surface area contributed by atoms with Gasteiger partial charge in [0.05, 0.1) is 13.2 Å². The van der Waals surface area contributed by atoms with Gasteiger partial charge in [-0.3, -0.25) is 4.79 Å². The average Bonchev–Trinajstić information content (AvgIpc) is 2.59. The van der Waals surface area contributed by atoms with Gasteiger partial charge in [-0.05, 0) is 33.9 Å². The van der Waals surface area contributed by atoms with Crippen molar-refractivity contribution >= 4 is 11.7 Å². The number of nitrogens with one attached hydrogen (secondary N) is 1. The highest BCUT2D eigenvalue weighted by atomic mass is 16.5. The minimum absolute atomic E-state index is 0.0101. The number of hydrogen-bond donors (Lipinski definition) is 1. The molecule has 3 atom stereocenters. The first kappa shape index (κ1) is 18.9. The van der Waals surface area contributed by atoms with Gasteiger partial charge in [0.1, 0.15) is 12.1 Å². The maximum Gasteiger partial charge on any atom is 0.234 e. The summed E-state index contributed by atoms with van der Waals surface area (Å²) in [6.45, 7) is 8.45. The Labute approximate surface area is 156 Å². The number of carbonyl (C=O) groups is 1. The molecule has 1 N–H and O–H groups in total. The second kappa shape index (κ2) is 7.39. The lowest BCUT2D eigenvalue weighted by molar-refractivity contribution is -0.128. The molecule has 144 valence electrons. The summed E-state index contributed by atoms with van der Waals surface area (Å²) in [7, 11) is 3.84. The second-order valence-corrected chi connectivity index (χ2v) is 8.20. The molecule has 1 saturated heterocycles. The van der Waals surface area contributed by atoms with Crippen LogP contribution in [-0.2, 0) is 4.79 Å². The van der Waals surface area contributed by atoms with Gasteiger partial charge in [-0.15, -0.1) is 0 Å². The lowest BCUT2D eigenvalue weighted by Crippen LogP contribution is -2.75. The largest absolute Gasteiger partial charge is 0.478 e. The molecule has 2 fully saturated rings. The number of nitrogens with zero attached hydrogens (tertiary/aromatic N) is 4. The fourth-order valence-electron chi connectivity index (χ4n) is 4.72. The van der Waals surface area contributed by atoms with Gasteiger partial charge in [0.25, 0.3) is 0 Å². The van der Waals surface area contributed by atoms with E-state index in [-0.39, 0.29) is 17.4 Å². The molecular weight excluding hydrogens is 330 g/mol. The molecule has 26 heavy (non-hydrogen) atoms. The standard InChI is InChI=1S/C19H31N5O2/c1-6-26-16-10-14(20-12-21-16)24-9-7-8-13-17(19(2,3)18(13)24)22-15(25)11-23(4)5/h10,12-13,17-18H,6-9,11H2,1-5H3,(H,22,25). The summed E-state index contributed by atoms with van der Waals surface area (Å²) < 4.78 is 5.54. The normalized spacial score (nSPS) is 26.8. The van der Waals surface area contributed by atoms with Crippen molar-refractivity contribution < 1.29 is 9.53 Å². The SMILES string of the molecule is CCOc1cc(N2CCCC3C(NC(=O)CN(C)C)C(C)(C)C32)ncn1. The van der Waals surface area contributed by atoms with Crippen LogP contribution in [-0.4, -0.2) is 66.7 Å². The number of fused-ring (bicyclic) bond motifs is 1. The summed E-state index contributed by atoms with van der Waals surface area (Å²) in [5.41, 5.74) is -0.0101. The fraction of sp³-hybridized carbons (Fsp3) is 0.737. The van der Waals surface area contributed by atoms with Gasteiger partial charge in [0.2, 0.25) is 11.8 Å². The Morgan fingerprint density at radius 1 is 1.42 bits per heavy atom. The van der Waals surface area contributed by atoms with Crippen LogP contribution < -0.4 is 15.0 Å². The van der Waals surface area contributed by atoms with E-state index in [0.717, 1.165) is 25.2 Å². The van der Waals surface area contributed by atoms with Crippen LogP contribution in [0.4, 0.5) is 5.82 Å². The highest BCUT2D eigenvalue weighted by Gasteiger charge is 2.60. The lowest BCUT2D eigenvalue weighted by atomic mass is 9.52. The number of rotatable bonds is 6. The molecule has 1 aromatic heterocycles. The second-order valence-electron chi connectivity index (χ2n) is 8.20. The van der Waals surface area contributed by atoms with Crippen molar-refractivity contribution in [1.82, 2.24) is 20.2 Å². The highest BCUT2D eigenvalue weighted by molar-refractivity contribution is 5.78. The van der Waals surface area contributed by atoms with E-state index in [1.807, 2.05) is 32.0 Å². The topological polar surface area (TPSA) is 70.6 Å². The number of amides is 1. The first-order valence-electron chi connectivity index (χ1n) is 9.50. The number of aromatic nitrogens is 2. The number of anilines is 1. The fourth-order valence-corrected chi connectivity index (χ4v) is 4.72. The Kier molecular flexibility index (Phi) is 5.37. The van der Waals surface area contributed by atoms with Crippen LogP contribution >= 0.6 is 0 Å². The molecule has 2 aliphatic rings. The Morgan fingerprint density at radius 3 is 2.88 bits per heavy atom. The van der Waals surface area contributed by atoms with Gasteiger partial charge >= 0.3 is 0 Å². The Bertz CT molecular complexity index is 649. The predicted octanol–water partition coefficient (Wildman–Crippen LogP) is 1.55. The minimum Gasteiger partial charge on any atom is -0.478 e. The van der Waals surface area contributed by atoms with Crippen molar-refractivity contribution in [3.63, 3.8) is 0 Å². The molecule has 1 aromatic rings. The van der Waals surface area contributed by atoms with Crippen molar-refractivity contribution in [3.05, 3.63) is 12.4 Å². The molecule has 0 spiro atoms. The van der Waals surface area contributed by atoms with Crippen molar-refractivity contribution in [1.29, 1.82) is 0 Å².